The predicted octanol–water partition coefficient (Wildman–Crippen LogP) is 1.55. The van der Waals surface area contributed by atoms with Crippen molar-refractivity contribution in [2.75, 3.05) is 26.8 Å². The minimum Gasteiger partial charge on any atom is -0.372 e. The number of amides is 3. The van der Waals surface area contributed by atoms with Gasteiger partial charge in [0.05, 0.1) is 6.04 Å². The van der Waals surface area contributed by atoms with Gasteiger partial charge in [0.25, 0.3) is 5.91 Å². The molecule has 0 unspecified atom stereocenters. The normalized spacial score (nSPS) is 25.0. The average Bonchev–Trinajstić information content (AvgIpc) is 3.23. The van der Waals surface area contributed by atoms with E-state index in [0.29, 0.717) is 32.4 Å². The minimum atomic E-state index is -5.01. The fourth-order valence-corrected chi connectivity index (χ4v) is 4.92. The third-order valence-electron chi connectivity index (χ3n) is 7.06. The summed E-state index contributed by atoms with van der Waals surface area (Å²) in [5, 5.41) is 5.15. The summed E-state index contributed by atoms with van der Waals surface area (Å²) in [5.41, 5.74) is -0.155. The molecule has 3 rings (SSSR count). The lowest BCUT2D eigenvalue weighted by atomic mass is 9.95. The molecule has 1 saturated carbocycles. The first kappa shape index (κ1) is 27.4. The van der Waals surface area contributed by atoms with E-state index in [2.05, 4.69) is 15.4 Å². The van der Waals surface area contributed by atoms with Crippen LogP contribution in [-0.2, 0) is 28.7 Å². The molecule has 2 aliphatic heterocycles. The number of carbonyl (C=O) groups excluding carboxylic acids is 4. The Morgan fingerprint density at radius 3 is 2.46 bits per heavy atom. The number of Topliss-reactive ketones (excluding diaryl/α,β-unsaturated/α-hetero) is 1. The average molecular weight is 506 g/mol. The van der Waals surface area contributed by atoms with Crippen LogP contribution in [0.25, 0.3) is 0 Å². The van der Waals surface area contributed by atoms with Crippen LogP contribution in [0.3, 0.4) is 0 Å². The van der Waals surface area contributed by atoms with Crippen LogP contribution in [0.1, 0.15) is 52.4 Å². The Morgan fingerprint density at radius 2 is 1.94 bits per heavy atom. The molecular formula is C23H34F3N3O6. The molecule has 198 valence electrons. The van der Waals surface area contributed by atoms with Gasteiger partial charge in [-0.15, -0.1) is 13.2 Å². The van der Waals surface area contributed by atoms with E-state index in [4.69, 9.17) is 4.74 Å². The molecule has 4 atom stereocenters. The molecule has 3 amide bonds. The van der Waals surface area contributed by atoms with Gasteiger partial charge in [0.1, 0.15) is 18.8 Å². The quantitative estimate of drug-likeness (QED) is 0.441. The molecule has 35 heavy (non-hydrogen) atoms. The number of rotatable bonds is 11. The number of ether oxygens (including phenoxy) is 2. The highest BCUT2D eigenvalue weighted by Crippen LogP contribution is 2.55. The largest absolute Gasteiger partial charge is 0.522 e. The summed E-state index contributed by atoms with van der Waals surface area (Å²) in [6.07, 6.45) is -2.85. The molecule has 1 aliphatic carbocycles. The highest BCUT2D eigenvalue weighted by atomic mass is 19.4. The number of nitrogens with one attached hydrogen (secondary N) is 2. The maximum absolute atomic E-state index is 13.3. The minimum absolute atomic E-state index is 0.141. The summed E-state index contributed by atoms with van der Waals surface area (Å²) in [6, 6.07) is -2.22. The van der Waals surface area contributed by atoms with Crippen LogP contribution in [0.2, 0.25) is 0 Å². The highest BCUT2D eigenvalue weighted by molar-refractivity contribution is 5.95. The van der Waals surface area contributed by atoms with Crippen molar-refractivity contribution in [1.82, 2.24) is 15.5 Å². The Kier molecular flexibility index (Phi) is 8.46. The van der Waals surface area contributed by atoms with Gasteiger partial charge in [-0.1, -0.05) is 13.8 Å². The van der Waals surface area contributed by atoms with Gasteiger partial charge >= 0.3 is 6.36 Å². The van der Waals surface area contributed by atoms with Crippen LogP contribution >= 0.6 is 0 Å². The molecule has 0 bridgehead atoms. The number of nitrogens with zero attached hydrogens (tertiary/aromatic N) is 1. The number of halogens is 3. The van der Waals surface area contributed by atoms with Crippen molar-refractivity contribution in [2.24, 2.45) is 17.3 Å². The van der Waals surface area contributed by atoms with Crippen molar-refractivity contribution in [2.45, 2.75) is 76.9 Å². The lowest BCUT2D eigenvalue weighted by Crippen LogP contribution is -2.54. The van der Waals surface area contributed by atoms with Gasteiger partial charge < -0.3 is 20.3 Å². The number of likely N-dealkylation sites (tertiary alicyclic amines) is 1. The topological polar surface area (TPSA) is 114 Å². The fourth-order valence-electron chi connectivity index (χ4n) is 4.92. The number of alkyl halides is 3. The molecular weight excluding hydrogens is 471 g/mol. The van der Waals surface area contributed by atoms with E-state index < -0.39 is 48.8 Å². The van der Waals surface area contributed by atoms with Crippen LogP contribution in [0.15, 0.2) is 0 Å². The van der Waals surface area contributed by atoms with Crippen molar-refractivity contribution in [3.05, 3.63) is 0 Å². The number of hydrogen-bond acceptors (Lipinski definition) is 6. The third-order valence-corrected chi connectivity index (χ3v) is 7.06. The Balaban J connectivity index is 1.74. The number of ketones is 1. The maximum atomic E-state index is 13.3. The van der Waals surface area contributed by atoms with E-state index in [1.54, 1.807) is 0 Å². The lowest BCUT2D eigenvalue weighted by Gasteiger charge is -2.29. The summed E-state index contributed by atoms with van der Waals surface area (Å²) >= 11 is 0. The molecule has 3 fully saturated rings. The molecule has 12 heteroatoms. The Bertz CT molecular complexity index is 830. The third kappa shape index (κ3) is 7.16. The first-order chi connectivity index (χ1) is 16.3. The molecule has 9 nitrogen and oxygen atoms in total. The van der Waals surface area contributed by atoms with Crippen LogP contribution in [0.4, 0.5) is 13.2 Å². The smallest absolute Gasteiger partial charge is 0.372 e. The fraction of sp³-hybridized carbons (Fsp3) is 0.826. The molecule has 2 N–H and O–H groups in total. The Morgan fingerprint density at radius 1 is 1.26 bits per heavy atom. The molecule has 1 spiro atoms. The van der Waals surface area contributed by atoms with Crippen LogP contribution in [0, 0.1) is 17.3 Å². The molecule has 0 aromatic heterocycles. The van der Waals surface area contributed by atoms with Gasteiger partial charge in [0.15, 0.2) is 5.78 Å². The van der Waals surface area contributed by atoms with Gasteiger partial charge in [-0.05, 0) is 49.9 Å². The summed E-state index contributed by atoms with van der Waals surface area (Å²) in [4.78, 5) is 52.7. The first-order valence-electron chi connectivity index (χ1n) is 12.0. The van der Waals surface area contributed by atoms with Crippen molar-refractivity contribution in [3.63, 3.8) is 0 Å². The zero-order valence-electron chi connectivity index (χ0n) is 20.3. The molecule has 2 saturated heterocycles. The number of hydrogen-bond donors (Lipinski definition) is 2. The van der Waals surface area contributed by atoms with Crippen molar-refractivity contribution in [3.8, 4) is 0 Å². The van der Waals surface area contributed by atoms with Crippen molar-refractivity contribution >= 4 is 23.5 Å². The number of carbonyl (C=O) groups is 4. The van der Waals surface area contributed by atoms with E-state index in [0.717, 1.165) is 12.8 Å². The summed E-state index contributed by atoms with van der Waals surface area (Å²) in [5.74, 6) is -2.67. The van der Waals surface area contributed by atoms with Gasteiger partial charge in [-0.25, -0.2) is 0 Å². The molecule has 3 aliphatic rings. The number of methoxy groups -OCH3 is 1. The predicted molar refractivity (Wildman–Crippen MR) is 117 cm³/mol. The van der Waals surface area contributed by atoms with E-state index in [-0.39, 0.29) is 29.6 Å². The summed E-state index contributed by atoms with van der Waals surface area (Å²) < 4.78 is 46.6. The highest BCUT2D eigenvalue weighted by Gasteiger charge is 2.56. The van der Waals surface area contributed by atoms with Gasteiger partial charge in [-0.2, -0.15) is 0 Å². The van der Waals surface area contributed by atoms with E-state index in [1.807, 2.05) is 13.8 Å². The Labute approximate surface area is 202 Å². The standard InChI is InChI=1S/C23H34F3N3O6/c1-13(2)8-18(34-3)21(33)29-12-22(5-6-22)10-16(29)20(32)28-15(9-14-4-7-27-19(14)31)17(30)11-35-23(24,25)26/h13-16,18H,4-12H2,1-3H3,(H,27,31)(H,28,32)/t14-,15-,16-,18-/m0/s1. The monoisotopic (exact) mass is 505 g/mol. The van der Waals surface area contributed by atoms with Crippen molar-refractivity contribution in [1.29, 1.82) is 0 Å². The van der Waals surface area contributed by atoms with Crippen LogP contribution in [0.5, 0.6) is 0 Å². The lowest BCUT2D eigenvalue weighted by molar-refractivity contribution is -0.321. The van der Waals surface area contributed by atoms with Crippen LogP contribution in [-0.4, -0.2) is 79.8 Å². The zero-order chi connectivity index (χ0) is 26.0. The van der Waals surface area contributed by atoms with Gasteiger partial charge in [-0.3, -0.25) is 23.9 Å². The first-order valence-corrected chi connectivity index (χ1v) is 12.0. The molecule has 0 aromatic carbocycles. The van der Waals surface area contributed by atoms with Crippen molar-refractivity contribution < 1.29 is 41.8 Å². The SMILES string of the molecule is CO[C@@H](CC(C)C)C(=O)N1CC2(CC2)C[C@H]1C(=O)N[C@@H](C[C@@H]1CCNC1=O)C(=O)COC(F)(F)F. The van der Waals surface area contributed by atoms with Crippen LogP contribution < -0.4 is 10.6 Å². The second-order valence-electron chi connectivity index (χ2n) is 10.3. The van der Waals surface area contributed by atoms with E-state index in [9.17, 15) is 32.3 Å². The maximum Gasteiger partial charge on any atom is 0.522 e. The zero-order valence-corrected chi connectivity index (χ0v) is 20.3. The molecule has 0 radical (unpaired) electrons. The van der Waals surface area contributed by atoms with E-state index in [1.165, 1.54) is 12.0 Å². The second-order valence-corrected chi connectivity index (χ2v) is 10.3. The van der Waals surface area contributed by atoms with Gasteiger partial charge in [0, 0.05) is 26.1 Å². The molecule has 0 aromatic rings. The van der Waals surface area contributed by atoms with Gasteiger partial charge in [0.2, 0.25) is 11.8 Å². The summed E-state index contributed by atoms with van der Waals surface area (Å²) in [7, 11) is 1.44. The summed E-state index contributed by atoms with van der Waals surface area (Å²) in [6.45, 7) is 3.41. The molecule has 2 heterocycles. The Hall–Kier alpha value is -2.21. The van der Waals surface area contributed by atoms with E-state index >= 15 is 0 Å². The second kappa shape index (κ2) is 10.8.